The lowest BCUT2D eigenvalue weighted by molar-refractivity contribution is -0.00321. The first kappa shape index (κ1) is 14.0. The molecule has 6 heteroatoms. The van der Waals surface area contributed by atoms with Gasteiger partial charge in [-0.1, -0.05) is 6.92 Å². The molecule has 0 saturated heterocycles. The largest absolute Gasteiger partial charge is 0.368 e. The molecule has 1 aliphatic heterocycles. The van der Waals surface area contributed by atoms with Crippen LogP contribution in [0.15, 0.2) is 0 Å². The highest BCUT2D eigenvalue weighted by Crippen LogP contribution is 2.23. The van der Waals surface area contributed by atoms with Gasteiger partial charge in [0.1, 0.15) is 6.10 Å². The Morgan fingerprint density at radius 3 is 2.58 bits per heavy atom. The smallest absolute Gasteiger partial charge is 0.291 e. The number of nitrogens with zero attached hydrogens (tertiary/aromatic N) is 4. The fourth-order valence-corrected chi connectivity index (χ4v) is 2.37. The summed E-state index contributed by atoms with van der Waals surface area (Å²) in [5.74, 6) is 1.18. The van der Waals surface area contributed by atoms with Gasteiger partial charge in [-0.15, -0.1) is 10.2 Å². The normalized spacial score (nSPS) is 16.9. The van der Waals surface area contributed by atoms with Crippen LogP contribution in [0.5, 0.6) is 0 Å². The number of aromatic nitrogens is 3. The Bertz CT molecular complexity index is 455. The molecule has 2 heterocycles. The molecule has 1 aliphatic rings. The first-order valence-electron chi connectivity index (χ1n) is 6.96. The van der Waals surface area contributed by atoms with Gasteiger partial charge in [0, 0.05) is 19.6 Å². The highest BCUT2D eigenvalue weighted by atomic mass is 16.5. The number of ether oxygens (including phenoxy) is 1. The molecule has 0 N–H and O–H groups in total. The molecule has 0 aliphatic carbocycles. The van der Waals surface area contributed by atoms with Gasteiger partial charge in [-0.25, -0.2) is 0 Å². The molecule has 1 aromatic heterocycles. The molecular formula is C13H22N4O2. The van der Waals surface area contributed by atoms with Crippen molar-refractivity contribution >= 4 is 5.91 Å². The maximum atomic E-state index is 12.2. The molecule has 1 atom stereocenters. The van der Waals surface area contributed by atoms with E-state index in [1.165, 1.54) is 0 Å². The minimum absolute atomic E-state index is 0.0353. The highest BCUT2D eigenvalue weighted by Gasteiger charge is 2.30. The molecule has 2 rings (SSSR count). The highest BCUT2D eigenvalue weighted by molar-refractivity contribution is 5.91. The van der Waals surface area contributed by atoms with Crippen molar-refractivity contribution in [3.63, 3.8) is 0 Å². The zero-order valence-corrected chi connectivity index (χ0v) is 12.1. The molecule has 0 radical (unpaired) electrons. The van der Waals surface area contributed by atoms with Crippen LogP contribution in [0.3, 0.4) is 0 Å². The summed E-state index contributed by atoms with van der Waals surface area (Å²) < 4.78 is 7.76. The number of rotatable bonds is 5. The molecule has 106 valence electrons. The lowest BCUT2D eigenvalue weighted by Crippen LogP contribution is -2.40. The van der Waals surface area contributed by atoms with E-state index < -0.39 is 0 Å². The van der Waals surface area contributed by atoms with Crippen molar-refractivity contribution in [2.75, 3.05) is 13.1 Å². The second-order valence-corrected chi connectivity index (χ2v) is 5.00. The maximum Gasteiger partial charge on any atom is 0.291 e. The molecule has 0 spiro atoms. The van der Waals surface area contributed by atoms with E-state index in [1.54, 1.807) is 4.90 Å². The van der Waals surface area contributed by atoms with Gasteiger partial charge in [-0.3, -0.25) is 4.79 Å². The van der Waals surface area contributed by atoms with E-state index in [0.717, 1.165) is 18.8 Å². The Morgan fingerprint density at radius 2 is 2.00 bits per heavy atom. The zero-order chi connectivity index (χ0) is 14.0. The van der Waals surface area contributed by atoms with E-state index >= 15 is 0 Å². The molecule has 6 nitrogen and oxygen atoms in total. The van der Waals surface area contributed by atoms with Gasteiger partial charge in [-0.2, -0.15) is 0 Å². The van der Waals surface area contributed by atoms with Crippen LogP contribution in [0, 0.1) is 0 Å². The molecule has 19 heavy (non-hydrogen) atoms. The van der Waals surface area contributed by atoms with Crippen molar-refractivity contribution in [2.45, 2.75) is 52.9 Å². The van der Waals surface area contributed by atoms with Gasteiger partial charge in [-0.05, 0) is 27.2 Å². The Balaban J connectivity index is 2.28. The number of likely N-dealkylation sites (N-methyl/N-ethyl adjacent to an activating group) is 1. The number of fused-ring (bicyclic) bond motifs is 1. The van der Waals surface area contributed by atoms with Crippen LogP contribution < -0.4 is 0 Å². The fraction of sp³-hybridized carbons (Fsp3) is 0.769. The van der Waals surface area contributed by atoms with Crippen molar-refractivity contribution in [2.24, 2.45) is 0 Å². The predicted octanol–water partition coefficient (Wildman–Crippen LogP) is 1.63. The molecule has 0 bridgehead atoms. The van der Waals surface area contributed by atoms with Crippen LogP contribution in [0.2, 0.25) is 0 Å². The third kappa shape index (κ3) is 2.63. The standard InChI is InChI=1S/C13H22N4O2/c1-5-10(19-9(3)4)11-14-15-12-13(18)16(6-2)7-8-17(11)12/h9-10H,5-8H2,1-4H3. The van der Waals surface area contributed by atoms with E-state index in [2.05, 4.69) is 17.1 Å². The summed E-state index contributed by atoms with van der Waals surface area (Å²) in [6.07, 6.45) is 0.855. The second kappa shape index (κ2) is 5.69. The van der Waals surface area contributed by atoms with Crippen LogP contribution in [0.4, 0.5) is 0 Å². The molecule has 0 aromatic carbocycles. The van der Waals surface area contributed by atoms with Crippen molar-refractivity contribution in [1.82, 2.24) is 19.7 Å². The van der Waals surface area contributed by atoms with E-state index in [0.29, 0.717) is 18.9 Å². The van der Waals surface area contributed by atoms with Gasteiger partial charge < -0.3 is 14.2 Å². The van der Waals surface area contributed by atoms with E-state index in [9.17, 15) is 4.79 Å². The van der Waals surface area contributed by atoms with Crippen LogP contribution in [-0.2, 0) is 11.3 Å². The summed E-state index contributed by atoms with van der Waals surface area (Å²) in [5.41, 5.74) is 0. The molecular weight excluding hydrogens is 244 g/mol. The summed E-state index contributed by atoms with van der Waals surface area (Å²) >= 11 is 0. The second-order valence-electron chi connectivity index (χ2n) is 5.00. The average Bonchev–Trinajstić information content (AvgIpc) is 2.81. The number of carbonyl (C=O) groups excluding carboxylic acids is 1. The Kier molecular flexibility index (Phi) is 4.19. The third-order valence-electron chi connectivity index (χ3n) is 3.33. The summed E-state index contributed by atoms with van der Waals surface area (Å²) in [5, 5.41) is 8.24. The van der Waals surface area contributed by atoms with Gasteiger partial charge in [0.15, 0.2) is 5.82 Å². The van der Waals surface area contributed by atoms with E-state index in [-0.39, 0.29) is 18.1 Å². The predicted molar refractivity (Wildman–Crippen MR) is 70.9 cm³/mol. The average molecular weight is 266 g/mol. The monoisotopic (exact) mass is 266 g/mol. The van der Waals surface area contributed by atoms with Gasteiger partial charge in [0.2, 0.25) is 5.82 Å². The van der Waals surface area contributed by atoms with Crippen LogP contribution >= 0.6 is 0 Å². The number of hydrogen-bond acceptors (Lipinski definition) is 4. The molecule has 0 fully saturated rings. The first-order valence-corrected chi connectivity index (χ1v) is 6.96. The third-order valence-corrected chi connectivity index (χ3v) is 3.33. The van der Waals surface area contributed by atoms with E-state index in [1.807, 2.05) is 25.3 Å². The van der Waals surface area contributed by atoms with E-state index in [4.69, 9.17) is 4.74 Å². The summed E-state index contributed by atoms with van der Waals surface area (Å²) in [7, 11) is 0. The molecule has 1 aromatic rings. The Labute approximate surface area is 113 Å². The van der Waals surface area contributed by atoms with Gasteiger partial charge >= 0.3 is 0 Å². The van der Waals surface area contributed by atoms with Crippen LogP contribution in [-0.4, -0.2) is 44.8 Å². The van der Waals surface area contributed by atoms with Crippen molar-refractivity contribution in [3.05, 3.63) is 11.6 Å². The van der Waals surface area contributed by atoms with Gasteiger partial charge in [0.25, 0.3) is 5.91 Å². The first-order chi connectivity index (χ1) is 9.08. The van der Waals surface area contributed by atoms with Gasteiger partial charge in [0.05, 0.1) is 6.10 Å². The lowest BCUT2D eigenvalue weighted by atomic mass is 10.2. The Hall–Kier alpha value is -1.43. The van der Waals surface area contributed by atoms with Crippen molar-refractivity contribution < 1.29 is 9.53 Å². The lowest BCUT2D eigenvalue weighted by Gasteiger charge is -2.27. The minimum Gasteiger partial charge on any atom is -0.368 e. The molecule has 0 saturated carbocycles. The number of amides is 1. The quantitative estimate of drug-likeness (QED) is 0.812. The molecule has 1 unspecified atom stereocenters. The minimum atomic E-state index is -0.0952. The fourth-order valence-electron chi connectivity index (χ4n) is 2.37. The summed E-state index contributed by atoms with van der Waals surface area (Å²) in [6.45, 7) is 10.2. The number of hydrogen-bond donors (Lipinski definition) is 0. The Morgan fingerprint density at radius 1 is 1.26 bits per heavy atom. The van der Waals surface area contributed by atoms with Crippen LogP contribution in [0.1, 0.15) is 56.7 Å². The zero-order valence-electron chi connectivity index (χ0n) is 12.1. The summed E-state index contributed by atoms with van der Waals surface area (Å²) in [6, 6.07) is 0. The topological polar surface area (TPSA) is 60.3 Å². The van der Waals surface area contributed by atoms with Crippen molar-refractivity contribution in [3.8, 4) is 0 Å². The number of carbonyl (C=O) groups is 1. The summed E-state index contributed by atoms with van der Waals surface area (Å²) in [4.78, 5) is 13.9. The molecule has 1 amide bonds. The SMILES string of the molecule is CCC(OC(C)C)c1nnc2n1CCN(CC)C2=O. The van der Waals surface area contributed by atoms with Crippen LogP contribution in [0.25, 0.3) is 0 Å². The van der Waals surface area contributed by atoms with Crippen molar-refractivity contribution in [1.29, 1.82) is 0 Å². The maximum absolute atomic E-state index is 12.2.